The third-order valence-corrected chi connectivity index (χ3v) is 2.27. The first-order valence-corrected chi connectivity index (χ1v) is 5.50. The molecule has 0 saturated carbocycles. The van der Waals surface area contributed by atoms with Gasteiger partial charge in [0.2, 0.25) is 11.8 Å². The van der Waals surface area contributed by atoms with Crippen LogP contribution in [0.25, 0.3) is 0 Å². The minimum Gasteiger partial charge on any atom is -0.384 e. The maximum absolute atomic E-state index is 11.6. The number of anilines is 1. The van der Waals surface area contributed by atoms with E-state index in [0.29, 0.717) is 12.4 Å². The van der Waals surface area contributed by atoms with Crippen LogP contribution in [0.1, 0.15) is 12.5 Å². The van der Waals surface area contributed by atoms with Crippen LogP contribution in [0.4, 0.5) is 5.82 Å². The number of nitrogens with two attached hydrogens (primary N) is 2. The molecule has 2 amide bonds. The zero-order chi connectivity index (χ0) is 13.5. The van der Waals surface area contributed by atoms with E-state index in [-0.39, 0.29) is 18.4 Å². The van der Waals surface area contributed by atoms with Crippen LogP contribution in [0.5, 0.6) is 0 Å². The van der Waals surface area contributed by atoms with Crippen molar-refractivity contribution in [1.29, 1.82) is 0 Å². The summed E-state index contributed by atoms with van der Waals surface area (Å²) in [4.78, 5) is 26.5. The predicted octanol–water partition coefficient (Wildman–Crippen LogP) is -1.26. The van der Waals surface area contributed by atoms with Gasteiger partial charge in [-0.3, -0.25) is 9.59 Å². The van der Waals surface area contributed by atoms with Crippen LogP contribution in [-0.2, 0) is 16.1 Å². The van der Waals surface area contributed by atoms with Crippen molar-refractivity contribution in [1.82, 2.24) is 15.6 Å². The molecule has 1 aromatic rings. The molecule has 98 valence electrons. The largest absolute Gasteiger partial charge is 0.384 e. The van der Waals surface area contributed by atoms with E-state index < -0.39 is 6.04 Å². The molecule has 0 fully saturated rings. The second-order valence-corrected chi connectivity index (χ2v) is 3.80. The van der Waals surface area contributed by atoms with Crippen molar-refractivity contribution in [2.75, 3.05) is 12.3 Å². The fourth-order valence-electron chi connectivity index (χ4n) is 1.25. The third-order valence-electron chi connectivity index (χ3n) is 2.27. The third kappa shape index (κ3) is 4.38. The molecule has 1 atom stereocenters. The Bertz CT molecular complexity index is 418. The molecule has 0 radical (unpaired) electrons. The predicted molar refractivity (Wildman–Crippen MR) is 67.2 cm³/mol. The Labute approximate surface area is 105 Å². The number of carbonyl (C=O) groups excluding carboxylic acids is 2. The Kier molecular flexibility index (Phi) is 5.06. The maximum atomic E-state index is 11.6. The van der Waals surface area contributed by atoms with Crippen LogP contribution in [0.3, 0.4) is 0 Å². The van der Waals surface area contributed by atoms with Crippen molar-refractivity contribution in [3.8, 4) is 0 Å². The highest BCUT2D eigenvalue weighted by Crippen LogP contribution is 2.00. The average Bonchev–Trinajstić information content (AvgIpc) is 2.37. The van der Waals surface area contributed by atoms with Gasteiger partial charge in [0, 0.05) is 12.7 Å². The molecule has 0 bridgehead atoms. The number of amides is 2. The number of pyridine rings is 1. The van der Waals surface area contributed by atoms with Crippen molar-refractivity contribution in [3.63, 3.8) is 0 Å². The van der Waals surface area contributed by atoms with Gasteiger partial charge in [0.05, 0.1) is 6.54 Å². The molecule has 18 heavy (non-hydrogen) atoms. The van der Waals surface area contributed by atoms with Gasteiger partial charge >= 0.3 is 0 Å². The molecule has 7 nitrogen and oxygen atoms in total. The molecule has 0 saturated heterocycles. The first-order chi connectivity index (χ1) is 8.52. The van der Waals surface area contributed by atoms with Gasteiger partial charge < -0.3 is 22.1 Å². The molecule has 1 unspecified atom stereocenters. The smallest absolute Gasteiger partial charge is 0.242 e. The first-order valence-electron chi connectivity index (χ1n) is 5.50. The summed E-state index contributed by atoms with van der Waals surface area (Å²) >= 11 is 0. The summed E-state index contributed by atoms with van der Waals surface area (Å²) in [5.41, 5.74) is 11.4. The minimum atomic E-state index is -0.622. The first kappa shape index (κ1) is 13.9. The standard InChI is InChI=1S/C11H17N5O2/c1-7(16-10(17)4-12)11(18)15-6-8-2-3-9(13)14-5-8/h2-3,5,7H,4,6,12H2,1H3,(H2,13,14)(H,15,18)(H,16,17). The number of nitrogens with zero attached hydrogens (tertiary/aromatic N) is 1. The van der Waals surface area contributed by atoms with Crippen molar-refractivity contribution in [3.05, 3.63) is 23.9 Å². The van der Waals surface area contributed by atoms with Gasteiger partial charge in [-0.15, -0.1) is 0 Å². The van der Waals surface area contributed by atoms with Crippen LogP contribution >= 0.6 is 0 Å². The minimum absolute atomic E-state index is 0.139. The van der Waals surface area contributed by atoms with Gasteiger partial charge in [-0.1, -0.05) is 6.07 Å². The average molecular weight is 251 g/mol. The van der Waals surface area contributed by atoms with Crippen molar-refractivity contribution >= 4 is 17.6 Å². The van der Waals surface area contributed by atoms with Crippen LogP contribution in [-0.4, -0.2) is 29.4 Å². The Morgan fingerprint density at radius 2 is 2.17 bits per heavy atom. The van der Waals surface area contributed by atoms with Crippen molar-refractivity contribution in [2.45, 2.75) is 19.5 Å². The number of rotatable bonds is 5. The van der Waals surface area contributed by atoms with E-state index in [1.165, 1.54) is 0 Å². The molecule has 1 rings (SSSR count). The summed E-state index contributed by atoms with van der Waals surface area (Å²) in [7, 11) is 0. The lowest BCUT2D eigenvalue weighted by Gasteiger charge is -2.13. The summed E-state index contributed by atoms with van der Waals surface area (Å²) in [6, 6.07) is 2.80. The highest BCUT2D eigenvalue weighted by Gasteiger charge is 2.13. The van der Waals surface area contributed by atoms with Crippen LogP contribution in [0, 0.1) is 0 Å². The molecule has 0 aliphatic rings. The molecular formula is C11H17N5O2. The van der Waals surface area contributed by atoms with E-state index in [2.05, 4.69) is 15.6 Å². The van der Waals surface area contributed by atoms with Crippen molar-refractivity contribution < 1.29 is 9.59 Å². The highest BCUT2D eigenvalue weighted by molar-refractivity contribution is 5.87. The number of nitrogens with one attached hydrogen (secondary N) is 2. The van der Waals surface area contributed by atoms with Crippen molar-refractivity contribution in [2.24, 2.45) is 5.73 Å². The highest BCUT2D eigenvalue weighted by atomic mass is 16.2. The van der Waals surface area contributed by atoms with E-state index in [1.807, 2.05) is 0 Å². The number of nitrogen functional groups attached to an aromatic ring is 1. The van der Waals surface area contributed by atoms with Gasteiger partial charge in [0.25, 0.3) is 0 Å². The molecule has 1 heterocycles. The van der Waals surface area contributed by atoms with Crippen LogP contribution in [0.2, 0.25) is 0 Å². The monoisotopic (exact) mass is 251 g/mol. The van der Waals surface area contributed by atoms with E-state index in [0.717, 1.165) is 5.56 Å². The Balaban J connectivity index is 2.41. The molecule has 0 aromatic carbocycles. The molecule has 7 heteroatoms. The normalized spacial score (nSPS) is 11.7. The second-order valence-electron chi connectivity index (χ2n) is 3.80. The van der Waals surface area contributed by atoms with E-state index in [1.54, 1.807) is 25.3 Å². The van der Waals surface area contributed by atoms with Crippen LogP contribution < -0.4 is 22.1 Å². The zero-order valence-corrected chi connectivity index (χ0v) is 10.1. The van der Waals surface area contributed by atoms with Crippen LogP contribution in [0.15, 0.2) is 18.3 Å². The zero-order valence-electron chi connectivity index (χ0n) is 10.1. The topological polar surface area (TPSA) is 123 Å². The summed E-state index contributed by atoms with van der Waals surface area (Å²) in [6.07, 6.45) is 1.58. The van der Waals surface area contributed by atoms with E-state index >= 15 is 0 Å². The number of hydrogen-bond donors (Lipinski definition) is 4. The molecule has 0 aliphatic carbocycles. The summed E-state index contributed by atoms with van der Waals surface area (Å²) in [5.74, 6) is -0.228. The maximum Gasteiger partial charge on any atom is 0.242 e. The fraction of sp³-hybridized carbons (Fsp3) is 0.364. The Hall–Kier alpha value is -2.15. The van der Waals surface area contributed by atoms with E-state index in [9.17, 15) is 9.59 Å². The Morgan fingerprint density at radius 1 is 1.44 bits per heavy atom. The lowest BCUT2D eigenvalue weighted by atomic mass is 10.2. The van der Waals surface area contributed by atoms with Gasteiger partial charge in [0.15, 0.2) is 0 Å². The number of aromatic nitrogens is 1. The molecule has 6 N–H and O–H groups in total. The molecular weight excluding hydrogens is 234 g/mol. The molecule has 0 spiro atoms. The van der Waals surface area contributed by atoms with E-state index in [4.69, 9.17) is 11.5 Å². The lowest BCUT2D eigenvalue weighted by molar-refractivity contribution is -0.128. The SMILES string of the molecule is CC(NC(=O)CN)C(=O)NCc1ccc(N)nc1. The molecule has 0 aliphatic heterocycles. The quantitative estimate of drug-likeness (QED) is 0.520. The van der Waals surface area contributed by atoms with Gasteiger partial charge in [-0.2, -0.15) is 0 Å². The molecule has 1 aromatic heterocycles. The number of carbonyl (C=O) groups is 2. The fourth-order valence-corrected chi connectivity index (χ4v) is 1.25. The van der Waals surface area contributed by atoms with Gasteiger partial charge in [-0.05, 0) is 18.6 Å². The Morgan fingerprint density at radius 3 is 2.72 bits per heavy atom. The second kappa shape index (κ2) is 6.55. The summed E-state index contributed by atoms with van der Waals surface area (Å²) in [5, 5.41) is 5.14. The number of hydrogen-bond acceptors (Lipinski definition) is 5. The van der Waals surface area contributed by atoms with Gasteiger partial charge in [0.1, 0.15) is 11.9 Å². The summed E-state index contributed by atoms with van der Waals surface area (Å²) < 4.78 is 0. The summed E-state index contributed by atoms with van der Waals surface area (Å²) in [6.45, 7) is 1.78. The lowest BCUT2D eigenvalue weighted by Crippen LogP contribution is -2.46. The van der Waals surface area contributed by atoms with Gasteiger partial charge in [-0.25, -0.2) is 4.98 Å².